The number of aromatic amines is 1. The zero-order valence-electron chi connectivity index (χ0n) is 12.2. The molecule has 2 N–H and O–H groups in total. The molecule has 2 aromatic heterocycles. The van der Waals surface area contributed by atoms with Crippen molar-refractivity contribution in [2.24, 2.45) is 0 Å². The van der Waals surface area contributed by atoms with E-state index in [9.17, 15) is 9.59 Å². The number of carbonyl (C=O) groups is 1. The lowest BCUT2D eigenvalue weighted by molar-refractivity contribution is -0.113. The Kier molecular flexibility index (Phi) is 4.74. The van der Waals surface area contributed by atoms with Gasteiger partial charge in [-0.25, -0.2) is 0 Å². The molecule has 3 rings (SSSR count). The van der Waals surface area contributed by atoms with E-state index in [1.165, 1.54) is 4.52 Å². The molecule has 2 heterocycles. The number of amides is 1. The van der Waals surface area contributed by atoms with Gasteiger partial charge >= 0.3 is 0 Å². The second-order valence-corrected chi connectivity index (χ2v) is 6.42. The number of halogens is 2. The zero-order chi connectivity index (χ0) is 17.3. The van der Waals surface area contributed by atoms with Crippen LogP contribution in [0.2, 0.25) is 10.0 Å². The molecule has 0 unspecified atom stereocenters. The van der Waals surface area contributed by atoms with Crippen molar-refractivity contribution in [1.29, 1.82) is 0 Å². The van der Waals surface area contributed by atoms with Gasteiger partial charge in [0.05, 0.1) is 21.5 Å². The molecular weight excluding hydrogens is 375 g/mol. The van der Waals surface area contributed by atoms with Crippen molar-refractivity contribution in [3.05, 3.63) is 44.3 Å². The summed E-state index contributed by atoms with van der Waals surface area (Å²) in [5.41, 5.74) is 0.373. The minimum atomic E-state index is -0.334. The molecule has 0 atom stereocenters. The smallest absolute Gasteiger partial charge is 0.273 e. The summed E-state index contributed by atoms with van der Waals surface area (Å²) in [6.45, 7) is 1.57. The van der Waals surface area contributed by atoms with Crippen molar-refractivity contribution in [3.8, 4) is 0 Å². The first-order valence-corrected chi connectivity index (χ1v) is 8.39. The van der Waals surface area contributed by atoms with E-state index in [0.29, 0.717) is 15.9 Å². The fourth-order valence-electron chi connectivity index (χ4n) is 1.83. The van der Waals surface area contributed by atoms with Crippen LogP contribution in [0.4, 0.5) is 5.69 Å². The number of anilines is 1. The largest absolute Gasteiger partial charge is 0.324 e. The molecule has 0 saturated heterocycles. The van der Waals surface area contributed by atoms with Gasteiger partial charge in [-0.3, -0.25) is 14.6 Å². The first-order chi connectivity index (χ1) is 11.5. The maximum Gasteiger partial charge on any atom is 0.273 e. The predicted octanol–water partition coefficient (Wildman–Crippen LogP) is 2.16. The number of benzene rings is 1. The quantitative estimate of drug-likeness (QED) is 0.667. The second-order valence-electron chi connectivity index (χ2n) is 4.70. The van der Waals surface area contributed by atoms with Gasteiger partial charge in [0.1, 0.15) is 5.69 Å². The Morgan fingerprint density at radius 1 is 1.38 bits per heavy atom. The summed E-state index contributed by atoms with van der Waals surface area (Å²) < 4.78 is 1.38. The third kappa shape index (κ3) is 3.37. The van der Waals surface area contributed by atoms with Gasteiger partial charge in [0.15, 0.2) is 0 Å². The van der Waals surface area contributed by atoms with Crippen LogP contribution in [-0.4, -0.2) is 36.5 Å². The Hall–Kier alpha value is -2.10. The van der Waals surface area contributed by atoms with Crippen molar-refractivity contribution >= 4 is 52.3 Å². The maximum atomic E-state index is 12.1. The number of hydrogen-bond acceptors (Lipinski definition) is 6. The molecule has 24 heavy (non-hydrogen) atoms. The van der Waals surface area contributed by atoms with Crippen LogP contribution >= 0.6 is 35.0 Å². The Morgan fingerprint density at radius 3 is 2.96 bits per heavy atom. The van der Waals surface area contributed by atoms with E-state index in [2.05, 4.69) is 25.6 Å². The van der Waals surface area contributed by atoms with Crippen LogP contribution in [0.15, 0.2) is 28.2 Å². The van der Waals surface area contributed by atoms with Crippen LogP contribution in [-0.2, 0) is 4.79 Å². The molecule has 124 valence electrons. The van der Waals surface area contributed by atoms with Crippen molar-refractivity contribution in [3.63, 3.8) is 0 Å². The standard InChI is InChI=1S/C13H10Cl2N6O2S/c1-6-11(23)17-12-18-19-13(21(12)20-6)24-5-9(22)16-8-4-2-3-7(14)10(8)15/h2-4H,5H2,1H3,(H,16,22)(H,17,18,23). The van der Waals surface area contributed by atoms with Crippen LogP contribution in [0, 0.1) is 6.92 Å². The average molecular weight is 385 g/mol. The zero-order valence-corrected chi connectivity index (χ0v) is 14.5. The molecule has 11 heteroatoms. The summed E-state index contributed by atoms with van der Waals surface area (Å²) in [5.74, 6) is -0.0165. The summed E-state index contributed by atoms with van der Waals surface area (Å²) in [5, 5.41) is 15.5. The van der Waals surface area contributed by atoms with Crippen LogP contribution in [0.1, 0.15) is 5.69 Å². The SMILES string of the molecule is Cc1nn2c(SCC(=O)Nc3cccc(Cl)c3Cl)nnc2[nH]c1=O. The highest BCUT2D eigenvalue weighted by Gasteiger charge is 2.13. The number of nitrogens with one attached hydrogen (secondary N) is 2. The van der Waals surface area contributed by atoms with Crippen LogP contribution in [0.5, 0.6) is 0 Å². The number of nitrogens with zero attached hydrogens (tertiary/aromatic N) is 4. The highest BCUT2D eigenvalue weighted by molar-refractivity contribution is 7.99. The Bertz CT molecular complexity index is 986. The third-order valence-electron chi connectivity index (χ3n) is 2.97. The number of H-pyrrole nitrogens is 1. The first-order valence-electron chi connectivity index (χ1n) is 6.64. The molecule has 0 saturated carbocycles. The number of aryl methyl sites for hydroxylation is 1. The molecule has 0 spiro atoms. The van der Waals surface area contributed by atoms with Gasteiger partial charge in [-0.2, -0.15) is 9.61 Å². The van der Waals surface area contributed by atoms with Gasteiger partial charge in [-0.1, -0.05) is 41.0 Å². The minimum absolute atomic E-state index is 0.0590. The molecule has 0 bridgehead atoms. The third-order valence-corrected chi connectivity index (χ3v) is 4.71. The number of carbonyl (C=O) groups excluding carboxylic acids is 1. The topological polar surface area (TPSA) is 105 Å². The van der Waals surface area contributed by atoms with Gasteiger partial charge in [0, 0.05) is 0 Å². The number of fused-ring (bicyclic) bond motifs is 1. The van der Waals surface area contributed by atoms with Crippen molar-refractivity contribution in [2.75, 3.05) is 11.1 Å². The Balaban J connectivity index is 1.72. The molecule has 0 aliphatic heterocycles. The number of thioether (sulfide) groups is 1. The highest BCUT2D eigenvalue weighted by Crippen LogP contribution is 2.29. The van der Waals surface area contributed by atoms with Crippen molar-refractivity contribution < 1.29 is 4.79 Å². The van der Waals surface area contributed by atoms with Gasteiger partial charge in [0.2, 0.25) is 11.1 Å². The molecule has 1 amide bonds. The molecule has 0 radical (unpaired) electrons. The Labute approximate surface area is 149 Å². The van der Waals surface area contributed by atoms with E-state index in [1.54, 1.807) is 25.1 Å². The molecule has 8 nitrogen and oxygen atoms in total. The number of hydrogen-bond donors (Lipinski definition) is 2. The van der Waals surface area contributed by atoms with E-state index in [1.807, 2.05) is 0 Å². The summed E-state index contributed by atoms with van der Waals surface area (Å²) >= 11 is 13.1. The number of rotatable bonds is 4. The molecule has 1 aromatic carbocycles. The Morgan fingerprint density at radius 2 is 2.17 bits per heavy atom. The summed E-state index contributed by atoms with van der Waals surface area (Å²) in [4.78, 5) is 26.1. The summed E-state index contributed by atoms with van der Waals surface area (Å²) in [6, 6.07) is 4.97. The van der Waals surface area contributed by atoms with E-state index in [4.69, 9.17) is 23.2 Å². The summed E-state index contributed by atoms with van der Waals surface area (Å²) in [7, 11) is 0. The lowest BCUT2D eigenvalue weighted by Gasteiger charge is -2.07. The fourth-order valence-corrected chi connectivity index (χ4v) is 2.86. The highest BCUT2D eigenvalue weighted by atomic mass is 35.5. The minimum Gasteiger partial charge on any atom is -0.324 e. The van der Waals surface area contributed by atoms with Gasteiger partial charge in [-0.05, 0) is 19.1 Å². The lowest BCUT2D eigenvalue weighted by atomic mass is 10.3. The van der Waals surface area contributed by atoms with E-state index >= 15 is 0 Å². The molecular formula is C13H10Cl2N6O2S. The first kappa shape index (κ1) is 16.7. The predicted molar refractivity (Wildman–Crippen MR) is 92.0 cm³/mol. The second kappa shape index (κ2) is 6.80. The van der Waals surface area contributed by atoms with Crippen molar-refractivity contribution in [2.45, 2.75) is 12.1 Å². The average Bonchev–Trinajstić information content (AvgIpc) is 2.92. The number of aromatic nitrogens is 5. The van der Waals surface area contributed by atoms with E-state index in [0.717, 1.165) is 11.8 Å². The molecule has 0 aliphatic carbocycles. The molecule has 0 fully saturated rings. The van der Waals surface area contributed by atoms with Crippen LogP contribution in [0.3, 0.4) is 0 Å². The van der Waals surface area contributed by atoms with Gasteiger partial charge in [0.25, 0.3) is 11.3 Å². The molecule has 0 aliphatic rings. The summed E-state index contributed by atoms with van der Waals surface area (Å²) in [6.07, 6.45) is 0. The normalized spacial score (nSPS) is 11.0. The van der Waals surface area contributed by atoms with E-state index in [-0.39, 0.29) is 33.7 Å². The lowest BCUT2D eigenvalue weighted by Crippen LogP contribution is -2.16. The fraction of sp³-hybridized carbons (Fsp3) is 0.154. The van der Waals surface area contributed by atoms with Crippen molar-refractivity contribution in [1.82, 2.24) is 24.8 Å². The van der Waals surface area contributed by atoms with Crippen LogP contribution in [0.25, 0.3) is 5.78 Å². The van der Waals surface area contributed by atoms with Crippen LogP contribution < -0.4 is 10.9 Å². The monoisotopic (exact) mass is 384 g/mol. The van der Waals surface area contributed by atoms with E-state index < -0.39 is 0 Å². The van der Waals surface area contributed by atoms with Gasteiger partial charge in [-0.15, -0.1) is 10.2 Å². The molecule has 3 aromatic rings. The maximum absolute atomic E-state index is 12.1. The van der Waals surface area contributed by atoms with Gasteiger partial charge < -0.3 is 5.32 Å².